The van der Waals surface area contributed by atoms with Gasteiger partial charge in [-0.25, -0.2) is 0 Å². The molecule has 3 heteroatoms. The van der Waals surface area contributed by atoms with E-state index in [1.165, 1.54) is 13.3 Å². The summed E-state index contributed by atoms with van der Waals surface area (Å²) in [5.74, 6) is -0.246. The first-order valence-corrected chi connectivity index (χ1v) is 3.68. The molecule has 0 saturated heterocycles. The van der Waals surface area contributed by atoms with Crippen molar-refractivity contribution < 1.29 is 9.90 Å². The molecule has 0 aromatic heterocycles. The monoisotopic (exact) mass is 143 g/mol. The number of carbonyl (C=O) groups is 1. The second-order valence-corrected chi connectivity index (χ2v) is 2.81. The van der Waals surface area contributed by atoms with E-state index in [0.717, 1.165) is 12.8 Å². The van der Waals surface area contributed by atoms with Crippen LogP contribution in [0.5, 0.6) is 0 Å². The lowest BCUT2D eigenvalue weighted by Crippen LogP contribution is -2.43. The molecule has 0 aliphatic heterocycles. The number of amides is 1. The van der Waals surface area contributed by atoms with Gasteiger partial charge in [-0.05, 0) is 26.2 Å². The molecule has 10 heavy (non-hydrogen) atoms. The molecule has 3 nitrogen and oxygen atoms in total. The van der Waals surface area contributed by atoms with Gasteiger partial charge in [0, 0.05) is 6.04 Å². The summed E-state index contributed by atoms with van der Waals surface area (Å²) in [5, 5.41) is 11.5. The first-order chi connectivity index (χ1) is 4.70. The Labute approximate surface area is 60.4 Å². The predicted molar refractivity (Wildman–Crippen MR) is 37.5 cm³/mol. The van der Waals surface area contributed by atoms with Crippen LogP contribution in [-0.4, -0.2) is 23.2 Å². The highest BCUT2D eigenvalue weighted by atomic mass is 16.3. The SMILES string of the molecule is CC(O)C(=O)NC1CCC1. The van der Waals surface area contributed by atoms with Gasteiger partial charge in [0.15, 0.2) is 0 Å². The van der Waals surface area contributed by atoms with Crippen LogP contribution in [0.4, 0.5) is 0 Å². The molecule has 0 aromatic carbocycles. The molecule has 0 heterocycles. The lowest BCUT2D eigenvalue weighted by molar-refractivity contribution is -0.129. The molecule has 1 atom stereocenters. The fourth-order valence-electron chi connectivity index (χ4n) is 0.874. The average molecular weight is 143 g/mol. The molecule has 1 aliphatic rings. The summed E-state index contributed by atoms with van der Waals surface area (Å²) in [6.07, 6.45) is 2.47. The second-order valence-electron chi connectivity index (χ2n) is 2.81. The third kappa shape index (κ3) is 1.70. The maximum absolute atomic E-state index is 10.8. The van der Waals surface area contributed by atoms with Gasteiger partial charge in [0.2, 0.25) is 5.91 Å². The topological polar surface area (TPSA) is 49.3 Å². The number of nitrogens with one attached hydrogen (secondary N) is 1. The van der Waals surface area contributed by atoms with Crippen LogP contribution in [0.15, 0.2) is 0 Å². The van der Waals surface area contributed by atoms with Crippen LogP contribution in [0.25, 0.3) is 0 Å². The van der Waals surface area contributed by atoms with E-state index in [4.69, 9.17) is 5.11 Å². The van der Waals surface area contributed by atoms with Crippen molar-refractivity contribution in [2.24, 2.45) is 0 Å². The van der Waals surface area contributed by atoms with Gasteiger partial charge in [0.05, 0.1) is 0 Å². The third-order valence-corrected chi connectivity index (χ3v) is 1.83. The van der Waals surface area contributed by atoms with E-state index in [-0.39, 0.29) is 5.91 Å². The zero-order chi connectivity index (χ0) is 7.56. The minimum Gasteiger partial charge on any atom is -0.384 e. The van der Waals surface area contributed by atoms with Gasteiger partial charge in [0.25, 0.3) is 0 Å². The Balaban J connectivity index is 2.17. The van der Waals surface area contributed by atoms with Crippen molar-refractivity contribution in [2.75, 3.05) is 0 Å². The summed E-state index contributed by atoms with van der Waals surface area (Å²) in [6.45, 7) is 1.48. The normalized spacial score (nSPS) is 21.4. The van der Waals surface area contributed by atoms with E-state index in [1.807, 2.05) is 0 Å². The van der Waals surface area contributed by atoms with Crippen molar-refractivity contribution in [3.8, 4) is 0 Å². The largest absolute Gasteiger partial charge is 0.384 e. The van der Waals surface area contributed by atoms with Crippen molar-refractivity contribution in [3.63, 3.8) is 0 Å². The predicted octanol–water partition coefficient (Wildman–Crippen LogP) is 0.0359. The summed E-state index contributed by atoms with van der Waals surface area (Å²) in [4.78, 5) is 10.8. The summed E-state index contributed by atoms with van der Waals surface area (Å²) >= 11 is 0. The highest BCUT2D eigenvalue weighted by Gasteiger charge is 2.20. The van der Waals surface area contributed by atoms with E-state index in [0.29, 0.717) is 6.04 Å². The molecule has 1 aliphatic carbocycles. The minimum atomic E-state index is -0.861. The summed E-state index contributed by atoms with van der Waals surface area (Å²) in [5.41, 5.74) is 0. The van der Waals surface area contributed by atoms with Gasteiger partial charge in [-0.1, -0.05) is 0 Å². The van der Waals surface area contributed by atoms with Gasteiger partial charge in [-0.2, -0.15) is 0 Å². The first-order valence-electron chi connectivity index (χ1n) is 3.68. The third-order valence-electron chi connectivity index (χ3n) is 1.83. The zero-order valence-corrected chi connectivity index (χ0v) is 6.13. The summed E-state index contributed by atoms with van der Waals surface area (Å²) < 4.78 is 0. The van der Waals surface area contributed by atoms with E-state index >= 15 is 0 Å². The first kappa shape index (κ1) is 7.54. The lowest BCUT2D eigenvalue weighted by Gasteiger charge is -2.26. The molecule has 1 unspecified atom stereocenters. The van der Waals surface area contributed by atoms with Crippen molar-refractivity contribution >= 4 is 5.91 Å². The standard InChI is InChI=1S/C7H13NO2/c1-5(9)7(10)8-6-3-2-4-6/h5-6,9H,2-4H2,1H3,(H,8,10). The molecular formula is C7H13NO2. The van der Waals surface area contributed by atoms with Crippen molar-refractivity contribution in [1.29, 1.82) is 0 Å². The van der Waals surface area contributed by atoms with Crippen molar-refractivity contribution in [2.45, 2.75) is 38.3 Å². The molecule has 0 spiro atoms. The fourth-order valence-corrected chi connectivity index (χ4v) is 0.874. The molecule has 0 radical (unpaired) electrons. The van der Waals surface area contributed by atoms with E-state index in [2.05, 4.69) is 5.32 Å². The zero-order valence-electron chi connectivity index (χ0n) is 6.13. The van der Waals surface area contributed by atoms with Gasteiger partial charge >= 0.3 is 0 Å². The average Bonchev–Trinajstić information content (AvgIpc) is 1.77. The Morgan fingerprint density at radius 2 is 2.30 bits per heavy atom. The molecule has 0 aromatic rings. The Kier molecular flexibility index (Phi) is 2.27. The maximum atomic E-state index is 10.8. The minimum absolute atomic E-state index is 0.246. The highest BCUT2D eigenvalue weighted by molar-refractivity contribution is 5.80. The Hall–Kier alpha value is -0.570. The number of aliphatic hydroxyl groups is 1. The van der Waals surface area contributed by atoms with Crippen LogP contribution in [0.2, 0.25) is 0 Å². The smallest absolute Gasteiger partial charge is 0.248 e. The fraction of sp³-hybridized carbons (Fsp3) is 0.857. The molecule has 2 N–H and O–H groups in total. The number of rotatable bonds is 2. The van der Waals surface area contributed by atoms with Crippen LogP contribution in [0.3, 0.4) is 0 Å². The number of carbonyl (C=O) groups excluding carboxylic acids is 1. The Morgan fingerprint density at radius 1 is 1.70 bits per heavy atom. The van der Waals surface area contributed by atoms with Crippen LogP contribution >= 0.6 is 0 Å². The number of hydrogen-bond acceptors (Lipinski definition) is 2. The van der Waals surface area contributed by atoms with Crippen LogP contribution in [-0.2, 0) is 4.79 Å². The van der Waals surface area contributed by atoms with E-state index < -0.39 is 6.10 Å². The highest BCUT2D eigenvalue weighted by Crippen LogP contribution is 2.17. The van der Waals surface area contributed by atoms with E-state index in [9.17, 15) is 4.79 Å². The van der Waals surface area contributed by atoms with Crippen LogP contribution in [0, 0.1) is 0 Å². The van der Waals surface area contributed by atoms with Crippen molar-refractivity contribution in [1.82, 2.24) is 5.32 Å². The number of hydrogen-bond donors (Lipinski definition) is 2. The summed E-state index contributed by atoms with van der Waals surface area (Å²) in [7, 11) is 0. The number of aliphatic hydroxyl groups excluding tert-OH is 1. The van der Waals surface area contributed by atoms with Gasteiger partial charge in [-0.3, -0.25) is 4.79 Å². The molecule has 0 bridgehead atoms. The van der Waals surface area contributed by atoms with Gasteiger partial charge in [-0.15, -0.1) is 0 Å². The Morgan fingerprint density at radius 3 is 2.60 bits per heavy atom. The van der Waals surface area contributed by atoms with E-state index in [1.54, 1.807) is 0 Å². The molecule has 1 amide bonds. The molecule has 1 saturated carbocycles. The maximum Gasteiger partial charge on any atom is 0.248 e. The van der Waals surface area contributed by atoms with Crippen LogP contribution in [0.1, 0.15) is 26.2 Å². The van der Waals surface area contributed by atoms with Crippen molar-refractivity contribution in [3.05, 3.63) is 0 Å². The molecule has 58 valence electrons. The second kappa shape index (κ2) is 3.01. The Bertz CT molecular complexity index is 130. The van der Waals surface area contributed by atoms with Gasteiger partial charge in [0.1, 0.15) is 6.10 Å². The van der Waals surface area contributed by atoms with Crippen LogP contribution < -0.4 is 5.32 Å². The van der Waals surface area contributed by atoms with Gasteiger partial charge < -0.3 is 10.4 Å². The quantitative estimate of drug-likeness (QED) is 0.573. The molecule has 1 rings (SSSR count). The molecular weight excluding hydrogens is 130 g/mol. The molecule has 1 fully saturated rings. The lowest BCUT2D eigenvalue weighted by atomic mass is 9.93. The summed E-state index contributed by atoms with van der Waals surface area (Å²) in [6, 6.07) is 0.335.